The van der Waals surface area contributed by atoms with Gasteiger partial charge in [-0.1, -0.05) is 23.8 Å². The van der Waals surface area contributed by atoms with Gasteiger partial charge in [0, 0.05) is 4.92 Å². The van der Waals surface area contributed by atoms with Crippen molar-refractivity contribution in [3.63, 3.8) is 0 Å². The average Bonchev–Trinajstić information content (AvgIpc) is 2.06. The number of hydrogen-bond donors (Lipinski definition) is 0. The first kappa shape index (κ1) is 9.61. The predicted molar refractivity (Wildman–Crippen MR) is 34.4 cm³/mol. The summed E-state index contributed by atoms with van der Waals surface area (Å²) >= 11 is 0. The Morgan fingerprint density at radius 1 is 1.42 bits per heavy atom. The molecule has 0 aliphatic heterocycles. The SMILES string of the molecule is N#CC(C#N)=[C-]C(C#N)[N+](=O)[O-]. The van der Waals surface area contributed by atoms with Crippen LogP contribution in [0.5, 0.6) is 0 Å². The normalized spacial score (nSPS) is 9.75. The number of hydrogen-bond acceptors (Lipinski definition) is 5. The summed E-state index contributed by atoms with van der Waals surface area (Å²) in [5, 5.41) is 34.4. The molecule has 0 aliphatic carbocycles. The Balaban J connectivity index is 4.76. The second kappa shape index (κ2) is 4.43. The molecule has 1 unspecified atom stereocenters. The van der Waals surface area contributed by atoms with Crippen LogP contribution in [0, 0.1) is 50.2 Å². The van der Waals surface area contributed by atoms with E-state index in [0.717, 1.165) is 0 Å². The minimum absolute atomic E-state index is 0.557. The lowest BCUT2D eigenvalue weighted by Gasteiger charge is -1.97. The Morgan fingerprint density at radius 2 is 1.92 bits per heavy atom. The highest BCUT2D eigenvalue weighted by Crippen LogP contribution is 1.95. The van der Waals surface area contributed by atoms with Crippen molar-refractivity contribution in [1.29, 1.82) is 15.8 Å². The Labute approximate surface area is 67.7 Å². The molecule has 0 radical (unpaired) electrons. The maximum Gasteiger partial charge on any atom is 0.273 e. The van der Waals surface area contributed by atoms with E-state index in [1.165, 1.54) is 18.2 Å². The van der Waals surface area contributed by atoms with Crippen molar-refractivity contribution >= 4 is 0 Å². The smallest absolute Gasteiger partial charge is 0.273 e. The van der Waals surface area contributed by atoms with Crippen LogP contribution in [-0.2, 0) is 0 Å². The van der Waals surface area contributed by atoms with Gasteiger partial charge in [0.15, 0.2) is 0 Å². The summed E-state index contributed by atoms with van der Waals surface area (Å²) in [5.74, 6) is 0. The first-order valence-corrected chi connectivity index (χ1v) is 2.62. The summed E-state index contributed by atoms with van der Waals surface area (Å²) in [4.78, 5) is 9.05. The second-order valence-corrected chi connectivity index (χ2v) is 1.56. The summed E-state index contributed by atoms with van der Waals surface area (Å²) in [7, 11) is 0. The van der Waals surface area contributed by atoms with E-state index in [4.69, 9.17) is 15.8 Å². The van der Waals surface area contributed by atoms with Crippen LogP contribution in [0.1, 0.15) is 0 Å². The highest BCUT2D eigenvalue weighted by atomic mass is 16.6. The van der Waals surface area contributed by atoms with E-state index in [1.54, 1.807) is 0 Å². The summed E-state index contributed by atoms with van der Waals surface area (Å²) in [6.45, 7) is 0. The van der Waals surface area contributed by atoms with Crippen LogP contribution in [0.25, 0.3) is 0 Å². The fourth-order valence-electron chi connectivity index (χ4n) is 0.358. The molecule has 0 saturated carbocycles. The topological polar surface area (TPSA) is 115 Å². The predicted octanol–water partition coefficient (Wildman–Crippen LogP) is -0.0680. The van der Waals surface area contributed by atoms with E-state index >= 15 is 0 Å². The number of nitro groups is 1. The zero-order chi connectivity index (χ0) is 9.56. The van der Waals surface area contributed by atoms with E-state index in [1.807, 2.05) is 6.08 Å². The second-order valence-electron chi connectivity index (χ2n) is 1.56. The Kier molecular flexibility index (Phi) is 3.55. The van der Waals surface area contributed by atoms with E-state index in [-0.39, 0.29) is 0 Å². The first-order valence-electron chi connectivity index (χ1n) is 2.62. The van der Waals surface area contributed by atoms with Gasteiger partial charge < -0.3 is 0 Å². The summed E-state index contributed by atoms with van der Waals surface area (Å²) in [5.41, 5.74) is -0.557. The van der Waals surface area contributed by atoms with Crippen molar-refractivity contribution < 1.29 is 4.92 Å². The molecule has 0 bridgehead atoms. The number of nitriles is 3. The average molecular weight is 161 g/mol. The number of rotatable bonds is 2. The van der Waals surface area contributed by atoms with Gasteiger partial charge in [0.25, 0.3) is 6.04 Å². The molecule has 6 nitrogen and oxygen atoms in total. The van der Waals surface area contributed by atoms with Crippen LogP contribution in [0.4, 0.5) is 0 Å². The van der Waals surface area contributed by atoms with Crippen molar-refractivity contribution in [2.45, 2.75) is 6.04 Å². The molecule has 0 saturated heterocycles. The minimum Gasteiger partial charge on any atom is -0.284 e. The molecule has 0 N–H and O–H groups in total. The third-order valence-corrected chi connectivity index (χ3v) is 0.838. The van der Waals surface area contributed by atoms with E-state index in [9.17, 15) is 10.1 Å². The van der Waals surface area contributed by atoms with Gasteiger partial charge >= 0.3 is 0 Å². The van der Waals surface area contributed by atoms with Crippen molar-refractivity contribution in [3.8, 4) is 18.2 Å². The van der Waals surface area contributed by atoms with Gasteiger partial charge in [0.2, 0.25) is 0 Å². The lowest BCUT2D eigenvalue weighted by atomic mass is 10.2. The van der Waals surface area contributed by atoms with Crippen LogP contribution >= 0.6 is 0 Å². The molecule has 1 atom stereocenters. The molecule has 0 spiro atoms. The van der Waals surface area contributed by atoms with Crippen LogP contribution in [-0.4, -0.2) is 11.0 Å². The molecule has 0 fully saturated rings. The molecular weight excluding hydrogens is 160 g/mol. The van der Waals surface area contributed by atoms with Gasteiger partial charge in [-0.2, -0.15) is 5.26 Å². The summed E-state index contributed by atoms with van der Waals surface area (Å²) < 4.78 is 0. The lowest BCUT2D eigenvalue weighted by Crippen LogP contribution is -2.14. The highest BCUT2D eigenvalue weighted by molar-refractivity contribution is 5.34. The van der Waals surface area contributed by atoms with Crippen molar-refractivity contribution in [3.05, 3.63) is 21.8 Å². The first-order chi connectivity index (χ1) is 5.65. The molecule has 0 amide bonds. The fraction of sp³-hybridized carbons (Fsp3) is 0.167. The van der Waals surface area contributed by atoms with Crippen LogP contribution in [0.2, 0.25) is 0 Å². The van der Waals surface area contributed by atoms with Crippen molar-refractivity contribution in [2.75, 3.05) is 0 Å². The molecule has 0 aromatic carbocycles. The largest absolute Gasteiger partial charge is 0.284 e. The van der Waals surface area contributed by atoms with Crippen molar-refractivity contribution in [1.82, 2.24) is 0 Å². The van der Waals surface area contributed by atoms with Crippen LogP contribution in [0.3, 0.4) is 0 Å². The van der Waals surface area contributed by atoms with Gasteiger partial charge in [-0.05, 0) is 0 Å². The number of nitrogens with zero attached hydrogens (tertiary/aromatic N) is 4. The molecule has 12 heavy (non-hydrogen) atoms. The zero-order valence-electron chi connectivity index (χ0n) is 5.68. The molecule has 58 valence electrons. The van der Waals surface area contributed by atoms with Crippen molar-refractivity contribution in [2.24, 2.45) is 0 Å². The summed E-state index contributed by atoms with van der Waals surface area (Å²) in [6.07, 6.45) is 1.84. The monoisotopic (exact) mass is 161 g/mol. The molecule has 0 aromatic heterocycles. The molecule has 0 heterocycles. The van der Waals surface area contributed by atoms with Gasteiger partial charge in [0.05, 0.1) is 0 Å². The minimum atomic E-state index is -1.75. The Bertz CT molecular complexity index is 322. The molecule has 0 rings (SSSR count). The third-order valence-electron chi connectivity index (χ3n) is 0.838. The van der Waals surface area contributed by atoms with E-state index < -0.39 is 16.5 Å². The molecule has 6 heteroatoms. The maximum atomic E-state index is 9.99. The Morgan fingerprint density at radius 3 is 2.17 bits per heavy atom. The maximum absolute atomic E-state index is 9.99. The highest BCUT2D eigenvalue weighted by Gasteiger charge is 2.10. The van der Waals surface area contributed by atoms with Gasteiger partial charge in [-0.15, -0.1) is 0 Å². The van der Waals surface area contributed by atoms with Gasteiger partial charge in [-0.3, -0.25) is 20.6 Å². The van der Waals surface area contributed by atoms with Gasteiger partial charge in [-0.25, -0.2) is 0 Å². The third kappa shape index (κ3) is 2.47. The Hall–Kier alpha value is -2.39. The van der Waals surface area contributed by atoms with E-state index in [2.05, 4.69) is 0 Å². The quantitative estimate of drug-likeness (QED) is 0.243. The fourth-order valence-corrected chi connectivity index (χ4v) is 0.358. The molecule has 0 aromatic rings. The van der Waals surface area contributed by atoms with Crippen LogP contribution < -0.4 is 0 Å². The lowest BCUT2D eigenvalue weighted by molar-refractivity contribution is -0.496. The number of allylic oxidation sites excluding steroid dienone is 1. The molecular formula is C6HN4O2-. The summed E-state index contributed by atoms with van der Waals surface area (Å²) in [6, 6.07) is 2.24. The zero-order valence-corrected chi connectivity index (χ0v) is 5.68. The standard InChI is InChI=1S/C6HN4O2/c7-2-5(3-8)1-6(4-9)10(11)12/h6H/q-1. The van der Waals surface area contributed by atoms with Crippen LogP contribution in [0.15, 0.2) is 5.57 Å². The molecule has 0 aliphatic rings. The van der Waals surface area contributed by atoms with E-state index in [0.29, 0.717) is 0 Å². The van der Waals surface area contributed by atoms with Gasteiger partial charge in [0.1, 0.15) is 6.07 Å².